The smallest absolute Gasteiger partial charge is 0.242 e. The molecule has 0 aliphatic carbocycles. The Labute approximate surface area is 174 Å². The third-order valence-corrected chi connectivity index (χ3v) is 4.87. The number of carbonyl (C=O) groups is 2. The molecule has 29 heavy (non-hydrogen) atoms. The van der Waals surface area contributed by atoms with Crippen LogP contribution in [0.25, 0.3) is 0 Å². The fraction of sp³-hybridized carbons (Fsp3) is 0.417. The van der Waals surface area contributed by atoms with E-state index in [9.17, 15) is 9.59 Å². The molecule has 0 aliphatic heterocycles. The molecule has 5 heteroatoms. The van der Waals surface area contributed by atoms with Gasteiger partial charge in [0, 0.05) is 19.5 Å². The summed E-state index contributed by atoms with van der Waals surface area (Å²) in [4.78, 5) is 27.2. The van der Waals surface area contributed by atoms with Crippen molar-refractivity contribution in [2.24, 2.45) is 0 Å². The molecule has 0 aromatic heterocycles. The Morgan fingerprint density at radius 3 is 2.45 bits per heavy atom. The third-order valence-electron chi connectivity index (χ3n) is 4.87. The summed E-state index contributed by atoms with van der Waals surface area (Å²) in [5, 5.41) is 2.90. The number of nitrogens with one attached hydrogen (secondary N) is 1. The first-order valence-electron chi connectivity index (χ1n) is 10.3. The van der Waals surface area contributed by atoms with Crippen molar-refractivity contribution < 1.29 is 14.3 Å². The lowest BCUT2D eigenvalue weighted by molar-refractivity contribution is -0.140. The van der Waals surface area contributed by atoms with Gasteiger partial charge in [-0.15, -0.1) is 0 Å². The highest BCUT2D eigenvalue weighted by molar-refractivity contribution is 5.87. The van der Waals surface area contributed by atoms with Crippen LogP contribution >= 0.6 is 0 Å². The van der Waals surface area contributed by atoms with Crippen molar-refractivity contribution in [3.8, 4) is 5.75 Å². The molecule has 1 N–H and O–H groups in total. The van der Waals surface area contributed by atoms with Crippen molar-refractivity contribution in [2.45, 2.75) is 52.6 Å². The minimum Gasteiger partial charge on any atom is -0.494 e. The molecule has 0 fully saturated rings. The van der Waals surface area contributed by atoms with Crippen LogP contribution in [-0.2, 0) is 16.1 Å². The quantitative estimate of drug-likeness (QED) is 0.582. The van der Waals surface area contributed by atoms with Crippen molar-refractivity contribution in [2.75, 3.05) is 13.2 Å². The standard InChI is InChI=1S/C24H32N2O3/c1-4-16-25-24(28)20(3)26(18-21-12-9-8-11-19(21)2)23(27)15-10-17-29-22-13-6-5-7-14-22/h5-9,11-14,20H,4,10,15-18H2,1-3H3,(H,25,28)/t20-/m1/s1. The predicted octanol–water partition coefficient (Wildman–Crippen LogP) is 4.10. The average molecular weight is 397 g/mol. The lowest BCUT2D eigenvalue weighted by Crippen LogP contribution is -2.47. The molecule has 1 atom stereocenters. The van der Waals surface area contributed by atoms with E-state index in [4.69, 9.17) is 4.74 Å². The van der Waals surface area contributed by atoms with Gasteiger partial charge in [0.25, 0.3) is 0 Å². The molecule has 2 rings (SSSR count). The van der Waals surface area contributed by atoms with E-state index < -0.39 is 6.04 Å². The van der Waals surface area contributed by atoms with Crippen molar-refractivity contribution in [1.29, 1.82) is 0 Å². The minimum absolute atomic E-state index is 0.0379. The number of hydrogen-bond acceptors (Lipinski definition) is 3. The number of nitrogens with zero attached hydrogens (tertiary/aromatic N) is 1. The molecule has 0 saturated heterocycles. The maximum atomic E-state index is 13.0. The van der Waals surface area contributed by atoms with Gasteiger partial charge in [-0.2, -0.15) is 0 Å². The summed E-state index contributed by atoms with van der Waals surface area (Å²) >= 11 is 0. The third kappa shape index (κ3) is 7.26. The van der Waals surface area contributed by atoms with Gasteiger partial charge < -0.3 is 15.0 Å². The Balaban J connectivity index is 1.99. The van der Waals surface area contributed by atoms with Crippen molar-refractivity contribution in [3.63, 3.8) is 0 Å². The van der Waals surface area contributed by atoms with Crippen molar-refractivity contribution >= 4 is 11.8 Å². The predicted molar refractivity (Wildman–Crippen MR) is 116 cm³/mol. The Morgan fingerprint density at radius 1 is 1.07 bits per heavy atom. The van der Waals surface area contributed by atoms with Gasteiger partial charge in [-0.1, -0.05) is 49.4 Å². The van der Waals surface area contributed by atoms with E-state index in [-0.39, 0.29) is 11.8 Å². The van der Waals surface area contributed by atoms with Gasteiger partial charge in [-0.05, 0) is 49.9 Å². The number of ether oxygens (including phenoxy) is 1. The topological polar surface area (TPSA) is 58.6 Å². The van der Waals surface area contributed by atoms with Crippen LogP contribution in [0.3, 0.4) is 0 Å². The molecule has 156 valence electrons. The molecule has 0 spiro atoms. The van der Waals surface area contributed by atoms with Crippen LogP contribution in [-0.4, -0.2) is 35.9 Å². The number of rotatable bonds is 11. The van der Waals surface area contributed by atoms with Crippen LogP contribution in [0.5, 0.6) is 5.75 Å². The van der Waals surface area contributed by atoms with Crippen LogP contribution < -0.4 is 10.1 Å². The van der Waals surface area contributed by atoms with E-state index in [0.717, 1.165) is 23.3 Å². The molecule has 0 bridgehead atoms. The van der Waals surface area contributed by atoms with Gasteiger partial charge in [-0.25, -0.2) is 0 Å². The van der Waals surface area contributed by atoms with Crippen LogP contribution in [0.1, 0.15) is 44.2 Å². The zero-order valence-electron chi connectivity index (χ0n) is 17.7. The number of para-hydroxylation sites is 1. The van der Waals surface area contributed by atoms with E-state index in [1.807, 2.05) is 68.4 Å². The second-order valence-electron chi connectivity index (χ2n) is 7.18. The number of carbonyl (C=O) groups excluding carboxylic acids is 2. The second-order valence-corrected chi connectivity index (χ2v) is 7.18. The summed E-state index contributed by atoms with van der Waals surface area (Å²) in [6.45, 7) is 7.32. The largest absolute Gasteiger partial charge is 0.494 e. The van der Waals surface area contributed by atoms with Crippen LogP contribution in [0.4, 0.5) is 0 Å². The highest BCUT2D eigenvalue weighted by atomic mass is 16.5. The van der Waals surface area contributed by atoms with Crippen molar-refractivity contribution in [3.05, 3.63) is 65.7 Å². The Kier molecular flexibility index (Phi) is 9.22. The van der Waals surface area contributed by atoms with Gasteiger partial charge in [-0.3, -0.25) is 9.59 Å². The highest BCUT2D eigenvalue weighted by Gasteiger charge is 2.25. The molecule has 2 aromatic rings. The number of amides is 2. The fourth-order valence-electron chi connectivity index (χ4n) is 3.02. The summed E-state index contributed by atoms with van der Waals surface area (Å²) in [5.74, 6) is 0.641. The molecular formula is C24H32N2O3. The Morgan fingerprint density at radius 2 is 1.76 bits per heavy atom. The fourth-order valence-corrected chi connectivity index (χ4v) is 3.02. The van der Waals surface area contributed by atoms with E-state index in [1.165, 1.54) is 0 Å². The maximum Gasteiger partial charge on any atom is 0.242 e. The van der Waals surface area contributed by atoms with Crippen LogP contribution in [0.2, 0.25) is 0 Å². The van der Waals surface area contributed by atoms with Crippen LogP contribution in [0, 0.1) is 6.92 Å². The molecule has 0 radical (unpaired) electrons. The van der Waals surface area contributed by atoms with Gasteiger partial charge in [0.1, 0.15) is 11.8 Å². The first kappa shape index (κ1) is 22.5. The lowest BCUT2D eigenvalue weighted by atomic mass is 10.1. The molecule has 0 heterocycles. The van der Waals surface area contributed by atoms with Gasteiger partial charge >= 0.3 is 0 Å². The SMILES string of the molecule is CCCNC(=O)[C@@H](C)N(Cc1ccccc1C)C(=O)CCCOc1ccccc1. The number of aryl methyl sites for hydroxylation is 1. The molecule has 5 nitrogen and oxygen atoms in total. The van der Waals surface area contributed by atoms with E-state index >= 15 is 0 Å². The number of benzene rings is 2. The lowest BCUT2D eigenvalue weighted by Gasteiger charge is -2.29. The molecule has 0 aliphatic rings. The molecule has 0 unspecified atom stereocenters. The van der Waals surface area contributed by atoms with Gasteiger partial charge in [0.15, 0.2) is 0 Å². The second kappa shape index (κ2) is 11.9. The molecule has 2 aromatic carbocycles. The van der Waals surface area contributed by atoms with E-state index in [2.05, 4.69) is 5.32 Å². The Bertz CT molecular complexity index is 777. The summed E-state index contributed by atoms with van der Waals surface area (Å²) in [7, 11) is 0. The first-order valence-corrected chi connectivity index (χ1v) is 10.3. The van der Waals surface area contributed by atoms with Crippen molar-refractivity contribution in [1.82, 2.24) is 10.2 Å². The van der Waals surface area contributed by atoms with Crippen LogP contribution in [0.15, 0.2) is 54.6 Å². The van der Waals surface area contributed by atoms with Gasteiger partial charge in [0.2, 0.25) is 11.8 Å². The summed E-state index contributed by atoms with van der Waals surface area (Å²) in [6.07, 6.45) is 1.80. The molecular weight excluding hydrogens is 364 g/mol. The van der Waals surface area contributed by atoms with Gasteiger partial charge in [0.05, 0.1) is 6.61 Å². The number of hydrogen-bond donors (Lipinski definition) is 1. The first-order chi connectivity index (χ1) is 14.0. The minimum atomic E-state index is -0.524. The summed E-state index contributed by atoms with van der Waals surface area (Å²) < 4.78 is 5.68. The highest BCUT2D eigenvalue weighted by Crippen LogP contribution is 2.15. The van der Waals surface area contributed by atoms with E-state index in [0.29, 0.717) is 32.5 Å². The van der Waals surface area contributed by atoms with E-state index in [1.54, 1.807) is 11.8 Å². The summed E-state index contributed by atoms with van der Waals surface area (Å²) in [5.41, 5.74) is 2.16. The maximum absolute atomic E-state index is 13.0. The molecule has 2 amide bonds. The zero-order valence-corrected chi connectivity index (χ0v) is 17.7. The molecule has 0 saturated carbocycles. The zero-order chi connectivity index (χ0) is 21.1. The summed E-state index contributed by atoms with van der Waals surface area (Å²) in [6, 6.07) is 17.0. The normalized spacial score (nSPS) is 11.6. The average Bonchev–Trinajstić information content (AvgIpc) is 2.74. The Hall–Kier alpha value is -2.82. The monoisotopic (exact) mass is 396 g/mol.